The maximum atomic E-state index is 13.1. The Hall–Kier alpha value is -3.78. The predicted octanol–water partition coefficient (Wildman–Crippen LogP) is 6.23. The Morgan fingerprint density at radius 2 is 1.55 bits per heavy atom. The van der Waals surface area contributed by atoms with E-state index in [0.29, 0.717) is 16.7 Å². The SMILES string of the molecule is CC.CC(=O)O/N=C(\C(=O)c1ccc(Sc2ccccc2)cc1)c1ccc([N+](=O)[O-])cc1C. The lowest BCUT2D eigenvalue weighted by molar-refractivity contribution is -0.384. The molecule has 0 N–H and O–H groups in total. The molecule has 0 aliphatic rings. The van der Waals surface area contributed by atoms with Crippen LogP contribution in [0.4, 0.5) is 5.69 Å². The minimum Gasteiger partial charge on any atom is -0.318 e. The van der Waals surface area contributed by atoms with Gasteiger partial charge in [-0.15, -0.1) is 0 Å². The fraction of sp³-hybridized carbons (Fsp3) is 0.160. The monoisotopic (exact) mass is 464 g/mol. The van der Waals surface area contributed by atoms with E-state index < -0.39 is 16.7 Å². The van der Waals surface area contributed by atoms with Crippen molar-refractivity contribution in [2.45, 2.75) is 37.5 Å². The summed E-state index contributed by atoms with van der Waals surface area (Å²) in [5.41, 5.74) is 0.944. The lowest BCUT2D eigenvalue weighted by Gasteiger charge is -2.09. The van der Waals surface area contributed by atoms with Crippen LogP contribution in [-0.2, 0) is 9.63 Å². The highest BCUT2D eigenvalue weighted by atomic mass is 32.2. The molecule has 0 amide bonds. The molecule has 0 bridgehead atoms. The van der Waals surface area contributed by atoms with Gasteiger partial charge in [0.15, 0.2) is 5.71 Å². The first-order valence-electron chi connectivity index (χ1n) is 10.2. The van der Waals surface area contributed by atoms with Gasteiger partial charge in [-0.25, -0.2) is 4.79 Å². The van der Waals surface area contributed by atoms with Gasteiger partial charge in [-0.2, -0.15) is 0 Å². The first kappa shape index (κ1) is 25.5. The fourth-order valence-corrected chi connectivity index (χ4v) is 3.62. The minimum atomic E-state index is -0.681. The van der Waals surface area contributed by atoms with E-state index in [-0.39, 0.29) is 11.4 Å². The third-order valence-electron chi connectivity index (χ3n) is 4.25. The molecule has 33 heavy (non-hydrogen) atoms. The number of nitro groups is 1. The number of oxime groups is 1. The zero-order valence-electron chi connectivity index (χ0n) is 18.8. The summed E-state index contributed by atoms with van der Waals surface area (Å²) in [7, 11) is 0. The predicted molar refractivity (Wildman–Crippen MR) is 129 cm³/mol. The van der Waals surface area contributed by atoms with Crippen LogP contribution in [0.25, 0.3) is 0 Å². The van der Waals surface area contributed by atoms with E-state index in [1.165, 1.54) is 25.1 Å². The Morgan fingerprint density at radius 3 is 2.09 bits per heavy atom. The van der Waals surface area contributed by atoms with Crippen molar-refractivity contribution in [3.63, 3.8) is 0 Å². The Bertz CT molecular complexity index is 1160. The van der Waals surface area contributed by atoms with Gasteiger partial charge in [-0.3, -0.25) is 14.9 Å². The number of hydrogen-bond acceptors (Lipinski definition) is 7. The molecule has 170 valence electrons. The number of ketones is 1. The normalized spacial score (nSPS) is 10.6. The smallest absolute Gasteiger partial charge is 0.318 e. The summed E-state index contributed by atoms with van der Waals surface area (Å²) in [5, 5.41) is 14.7. The minimum absolute atomic E-state index is 0.105. The molecule has 0 saturated heterocycles. The number of carbonyl (C=O) groups is 2. The lowest BCUT2D eigenvalue weighted by atomic mass is 9.97. The summed E-state index contributed by atoms with van der Waals surface area (Å²) in [6, 6.07) is 20.8. The molecule has 8 heteroatoms. The van der Waals surface area contributed by atoms with Crippen molar-refractivity contribution in [2.75, 3.05) is 0 Å². The van der Waals surface area contributed by atoms with Gasteiger partial charge in [0.1, 0.15) is 0 Å². The van der Waals surface area contributed by atoms with Crippen molar-refractivity contribution >= 4 is 34.9 Å². The summed E-state index contributed by atoms with van der Waals surface area (Å²) in [6.07, 6.45) is 0. The van der Waals surface area contributed by atoms with E-state index in [2.05, 4.69) is 5.16 Å². The quantitative estimate of drug-likeness (QED) is 0.135. The Kier molecular flexibility index (Phi) is 9.50. The molecule has 0 atom stereocenters. The van der Waals surface area contributed by atoms with Crippen molar-refractivity contribution in [1.82, 2.24) is 0 Å². The number of aryl methyl sites for hydroxylation is 1. The van der Waals surface area contributed by atoms with Crippen LogP contribution in [0.3, 0.4) is 0 Å². The van der Waals surface area contributed by atoms with Gasteiger partial charge >= 0.3 is 5.97 Å². The van der Waals surface area contributed by atoms with Crippen LogP contribution >= 0.6 is 11.8 Å². The molecule has 0 fully saturated rings. The molecule has 0 radical (unpaired) electrons. The van der Waals surface area contributed by atoms with Crippen molar-refractivity contribution in [2.24, 2.45) is 5.16 Å². The van der Waals surface area contributed by atoms with Crippen molar-refractivity contribution in [3.8, 4) is 0 Å². The highest BCUT2D eigenvalue weighted by molar-refractivity contribution is 7.99. The van der Waals surface area contributed by atoms with E-state index >= 15 is 0 Å². The Morgan fingerprint density at radius 1 is 0.939 bits per heavy atom. The number of Topliss-reactive ketones (excluding diaryl/α,β-unsaturated/α-hetero) is 1. The number of hydrogen-bond donors (Lipinski definition) is 0. The van der Waals surface area contributed by atoms with Gasteiger partial charge in [0.25, 0.3) is 5.69 Å². The Balaban J connectivity index is 0.00000187. The van der Waals surface area contributed by atoms with Gasteiger partial charge < -0.3 is 4.84 Å². The van der Waals surface area contributed by atoms with Gasteiger partial charge in [0.05, 0.1) is 4.92 Å². The zero-order valence-corrected chi connectivity index (χ0v) is 19.6. The maximum Gasteiger partial charge on any atom is 0.332 e. The van der Waals surface area contributed by atoms with Crippen molar-refractivity contribution < 1.29 is 19.3 Å². The second-order valence-electron chi connectivity index (χ2n) is 6.55. The second kappa shape index (κ2) is 12.3. The van der Waals surface area contributed by atoms with Crippen molar-refractivity contribution in [1.29, 1.82) is 0 Å². The molecular weight excluding hydrogens is 440 g/mol. The van der Waals surface area contributed by atoms with E-state index in [1.807, 2.05) is 56.3 Å². The van der Waals surface area contributed by atoms with Crippen LogP contribution in [0.2, 0.25) is 0 Å². The zero-order chi connectivity index (χ0) is 24.4. The third kappa shape index (κ3) is 7.11. The maximum absolute atomic E-state index is 13.1. The number of rotatable bonds is 7. The van der Waals surface area contributed by atoms with E-state index in [9.17, 15) is 19.7 Å². The topological polar surface area (TPSA) is 98.9 Å². The third-order valence-corrected chi connectivity index (χ3v) is 5.27. The average molecular weight is 465 g/mol. The summed E-state index contributed by atoms with van der Waals surface area (Å²) in [5.74, 6) is -1.14. The van der Waals surface area contributed by atoms with Crippen LogP contribution in [0, 0.1) is 17.0 Å². The van der Waals surface area contributed by atoms with Gasteiger partial charge in [0, 0.05) is 40.0 Å². The molecule has 0 aliphatic carbocycles. The Labute approximate surface area is 196 Å². The summed E-state index contributed by atoms with van der Waals surface area (Å²) in [6.45, 7) is 6.79. The molecule has 0 aromatic heterocycles. The molecule has 0 heterocycles. The van der Waals surface area contributed by atoms with E-state index in [1.54, 1.807) is 30.8 Å². The number of non-ortho nitro benzene ring substituents is 1. The molecule has 0 aliphatic heterocycles. The fourth-order valence-electron chi connectivity index (χ4n) is 2.79. The summed E-state index contributed by atoms with van der Waals surface area (Å²) < 4.78 is 0. The van der Waals surface area contributed by atoms with E-state index in [4.69, 9.17) is 4.84 Å². The van der Waals surface area contributed by atoms with Crippen LogP contribution in [0.1, 0.15) is 42.3 Å². The summed E-state index contributed by atoms with van der Waals surface area (Å²) in [4.78, 5) is 41.6. The molecule has 0 saturated carbocycles. The molecular formula is C25H24N2O5S. The standard InChI is InChI=1S/C23H18N2O5S.C2H6/c1-15-14-18(25(28)29)10-13-21(15)22(24-30-16(2)26)23(27)17-8-11-20(12-9-17)31-19-6-4-3-5-7-19;1-2/h3-14H,1-2H3;1-2H3/b24-22-;. The number of nitrogens with zero attached hydrogens (tertiary/aromatic N) is 2. The molecule has 3 aromatic rings. The number of benzene rings is 3. The number of carbonyl (C=O) groups excluding carboxylic acids is 2. The molecule has 0 spiro atoms. The van der Waals surface area contributed by atoms with Crippen LogP contribution in [0.5, 0.6) is 0 Å². The van der Waals surface area contributed by atoms with Gasteiger partial charge in [-0.1, -0.05) is 49.0 Å². The van der Waals surface area contributed by atoms with Gasteiger partial charge in [-0.05, 0) is 55.0 Å². The van der Waals surface area contributed by atoms with Crippen LogP contribution in [-0.4, -0.2) is 22.4 Å². The molecule has 3 aromatic carbocycles. The first-order valence-corrected chi connectivity index (χ1v) is 11.1. The highest BCUT2D eigenvalue weighted by Crippen LogP contribution is 2.28. The highest BCUT2D eigenvalue weighted by Gasteiger charge is 2.21. The van der Waals surface area contributed by atoms with Gasteiger partial charge in [0.2, 0.25) is 5.78 Å². The lowest BCUT2D eigenvalue weighted by Crippen LogP contribution is -2.18. The number of nitro benzene ring substituents is 1. The first-order chi connectivity index (χ1) is 15.8. The average Bonchev–Trinajstić information content (AvgIpc) is 2.82. The second-order valence-corrected chi connectivity index (χ2v) is 7.69. The molecule has 3 rings (SSSR count). The van der Waals surface area contributed by atoms with Crippen LogP contribution < -0.4 is 0 Å². The van der Waals surface area contributed by atoms with Crippen molar-refractivity contribution in [3.05, 3.63) is 99.6 Å². The molecule has 0 unspecified atom stereocenters. The van der Waals surface area contributed by atoms with E-state index in [0.717, 1.165) is 9.79 Å². The van der Waals surface area contributed by atoms with Crippen LogP contribution in [0.15, 0.2) is 87.7 Å². The summed E-state index contributed by atoms with van der Waals surface area (Å²) >= 11 is 1.56. The largest absolute Gasteiger partial charge is 0.332 e. The molecule has 7 nitrogen and oxygen atoms in total.